The maximum absolute atomic E-state index is 13.6. The predicted molar refractivity (Wildman–Crippen MR) is 85.7 cm³/mol. The molecule has 0 saturated heterocycles. The Morgan fingerprint density at radius 3 is 2.75 bits per heavy atom. The smallest absolute Gasteiger partial charge is 0.251 e. The van der Waals surface area contributed by atoms with E-state index in [9.17, 15) is 9.18 Å². The van der Waals surface area contributed by atoms with Crippen molar-refractivity contribution in [3.05, 3.63) is 58.9 Å². The van der Waals surface area contributed by atoms with E-state index >= 15 is 0 Å². The predicted octanol–water partition coefficient (Wildman–Crippen LogP) is 2.67. The molecule has 0 radical (unpaired) electrons. The van der Waals surface area contributed by atoms with Gasteiger partial charge in [0.2, 0.25) is 0 Å². The normalized spacial score (nSPS) is 12.8. The van der Waals surface area contributed by atoms with Gasteiger partial charge in [0, 0.05) is 24.8 Å². The highest BCUT2D eigenvalue weighted by atomic mass is 19.1. The van der Waals surface area contributed by atoms with Crippen LogP contribution in [0.5, 0.6) is 11.5 Å². The Morgan fingerprint density at radius 2 is 1.96 bits per heavy atom. The van der Waals surface area contributed by atoms with Crippen molar-refractivity contribution in [2.24, 2.45) is 0 Å². The van der Waals surface area contributed by atoms with Crippen molar-refractivity contribution >= 4 is 5.91 Å². The van der Waals surface area contributed by atoms with Crippen molar-refractivity contribution < 1.29 is 23.4 Å². The molecule has 2 aromatic carbocycles. The minimum absolute atomic E-state index is 0.190. The fraction of sp³-hybridized carbons (Fsp3) is 0.278. The van der Waals surface area contributed by atoms with Crippen molar-refractivity contribution in [2.75, 3.05) is 20.3 Å². The molecule has 1 N–H and O–H groups in total. The second-order valence-corrected chi connectivity index (χ2v) is 5.40. The molecule has 2 aromatic rings. The molecule has 0 fully saturated rings. The number of nitrogens with one attached hydrogen (secondary N) is 1. The maximum atomic E-state index is 13.6. The van der Waals surface area contributed by atoms with Gasteiger partial charge in [0.15, 0.2) is 11.5 Å². The average molecular weight is 331 g/mol. The molecule has 0 bridgehead atoms. The van der Waals surface area contributed by atoms with Crippen LogP contribution < -0.4 is 14.8 Å². The summed E-state index contributed by atoms with van der Waals surface area (Å²) < 4.78 is 29.4. The van der Waals surface area contributed by atoms with Crippen molar-refractivity contribution in [3.8, 4) is 11.5 Å². The van der Waals surface area contributed by atoms with E-state index in [1.54, 1.807) is 30.3 Å². The molecule has 1 heterocycles. The largest absolute Gasteiger partial charge is 0.486 e. The number of fused-ring (bicyclic) bond motifs is 1. The second-order valence-electron chi connectivity index (χ2n) is 5.40. The minimum atomic E-state index is -0.321. The van der Waals surface area contributed by atoms with Crippen LogP contribution in [-0.2, 0) is 17.9 Å². The molecule has 0 saturated carbocycles. The summed E-state index contributed by atoms with van der Waals surface area (Å²) in [5.41, 5.74) is 1.75. The van der Waals surface area contributed by atoms with E-state index in [4.69, 9.17) is 14.2 Å². The molecule has 0 atom stereocenters. The van der Waals surface area contributed by atoms with Crippen molar-refractivity contribution in [1.29, 1.82) is 0 Å². The van der Waals surface area contributed by atoms with Crippen LogP contribution in [0.4, 0.5) is 4.39 Å². The summed E-state index contributed by atoms with van der Waals surface area (Å²) in [5.74, 6) is 0.655. The number of hydrogen-bond donors (Lipinski definition) is 1. The lowest BCUT2D eigenvalue weighted by molar-refractivity contribution is 0.0949. The monoisotopic (exact) mass is 331 g/mol. The van der Waals surface area contributed by atoms with Crippen molar-refractivity contribution in [1.82, 2.24) is 5.32 Å². The quantitative estimate of drug-likeness (QED) is 0.915. The van der Waals surface area contributed by atoms with Gasteiger partial charge in [-0.1, -0.05) is 6.07 Å². The number of halogens is 1. The fourth-order valence-corrected chi connectivity index (χ4v) is 2.47. The van der Waals surface area contributed by atoms with Gasteiger partial charge in [-0.15, -0.1) is 0 Å². The van der Waals surface area contributed by atoms with Crippen LogP contribution in [0.25, 0.3) is 0 Å². The fourth-order valence-electron chi connectivity index (χ4n) is 2.47. The Balaban J connectivity index is 1.66. The minimum Gasteiger partial charge on any atom is -0.486 e. The van der Waals surface area contributed by atoms with E-state index in [0.717, 1.165) is 5.56 Å². The number of rotatable bonds is 5. The van der Waals surface area contributed by atoms with Gasteiger partial charge in [0.05, 0.1) is 6.61 Å². The molecular weight excluding hydrogens is 313 g/mol. The summed E-state index contributed by atoms with van der Waals surface area (Å²) in [7, 11) is 1.51. The summed E-state index contributed by atoms with van der Waals surface area (Å²) in [6.07, 6.45) is 0. The van der Waals surface area contributed by atoms with Crippen LogP contribution in [0.15, 0.2) is 36.4 Å². The van der Waals surface area contributed by atoms with E-state index in [0.29, 0.717) is 42.4 Å². The summed E-state index contributed by atoms with van der Waals surface area (Å²) in [4.78, 5) is 12.3. The van der Waals surface area contributed by atoms with Gasteiger partial charge < -0.3 is 19.5 Å². The summed E-state index contributed by atoms with van der Waals surface area (Å²) >= 11 is 0. The molecule has 24 heavy (non-hydrogen) atoms. The van der Waals surface area contributed by atoms with Gasteiger partial charge >= 0.3 is 0 Å². The number of hydrogen-bond acceptors (Lipinski definition) is 4. The lowest BCUT2D eigenvalue weighted by Gasteiger charge is -2.18. The van der Waals surface area contributed by atoms with Gasteiger partial charge in [-0.3, -0.25) is 4.79 Å². The van der Waals surface area contributed by atoms with E-state index < -0.39 is 0 Å². The first kappa shape index (κ1) is 16.3. The van der Waals surface area contributed by atoms with Crippen LogP contribution in [0.2, 0.25) is 0 Å². The molecule has 1 amide bonds. The standard InChI is InChI=1S/C18H18FNO4/c1-22-11-14-8-12(2-4-15(14)19)10-20-18(21)13-3-5-16-17(9-13)24-7-6-23-16/h2-5,8-9H,6-7,10-11H2,1H3,(H,20,21). The lowest BCUT2D eigenvalue weighted by atomic mass is 10.1. The molecule has 0 aromatic heterocycles. The summed E-state index contributed by atoms with van der Waals surface area (Å²) in [6, 6.07) is 9.76. The van der Waals surface area contributed by atoms with Gasteiger partial charge in [-0.2, -0.15) is 0 Å². The third kappa shape index (κ3) is 3.65. The topological polar surface area (TPSA) is 56.8 Å². The van der Waals surface area contributed by atoms with Crippen molar-refractivity contribution in [3.63, 3.8) is 0 Å². The Morgan fingerprint density at radius 1 is 1.17 bits per heavy atom. The number of carbonyl (C=O) groups is 1. The Hall–Kier alpha value is -2.60. The molecule has 126 valence electrons. The number of carbonyl (C=O) groups excluding carboxylic acids is 1. The molecule has 1 aliphatic heterocycles. The molecule has 0 aliphatic carbocycles. The molecule has 0 spiro atoms. The molecule has 1 aliphatic rings. The van der Waals surface area contributed by atoms with E-state index in [2.05, 4.69) is 5.32 Å². The Labute approximate surface area is 139 Å². The van der Waals surface area contributed by atoms with Gasteiger partial charge in [-0.25, -0.2) is 4.39 Å². The van der Waals surface area contributed by atoms with Crippen LogP contribution >= 0.6 is 0 Å². The average Bonchev–Trinajstić information content (AvgIpc) is 2.62. The molecule has 0 unspecified atom stereocenters. The van der Waals surface area contributed by atoms with E-state index in [-0.39, 0.29) is 18.3 Å². The van der Waals surface area contributed by atoms with Crippen LogP contribution in [0.1, 0.15) is 21.5 Å². The summed E-state index contributed by atoms with van der Waals surface area (Å²) in [5, 5.41) is 2.81. The molecule has 6 heteroatoms. The van der Waals surface area contributed by atoms with Gasteiger partial charge in [0.25, 0.3) is 5.91 Å². The third-order valence-electron chi connectivity index (χ3n) is 3.67. The highest BCUT2D eigenvalue weighted by Gasteiger charge is 2.15. The Kier molecular flexibility index (Phi) is 4.96. The van der Waals surface area contributed by atoms with Crippen molar-refractivity contribution in [2.45, 2.75) is 13.2 Å². The lowest BCUT2D eigenvalue weighted by Crippen LogP contribution is -2.23. The number of amides is 1. The maximum Gasteiger partial charge on any atom is 0.251 e. The third-order valence-corrected chi connectivity index (χ3v) is 3.67. The van der Waals surface area contributed by atoms with Crippen LogP contribution in [0, 0.1) is 5.82 Å². The first-order valence-electron chi connectivity index (χ1n) is 7.61. The van der Waals surface area contributed by atoms with Gasteiger partial charge in [0.1, 0.15) is 19.0 Å². The molecule has 5 nitrogen and oxygen atoms in total. The first-order chi connectivity index (χ1) is 11.7. The number of ether oxygens (including phenoxy) is 3. The summed E-state index contributed by atoms with van der Waals surface area (Å²) in [6.45, 7) is 1.46. The van der Waals surface area contributed by atoms with Crippen LogP contribution in [0.3, 0.4) is 0 Å². The van der Waals surface area contributed by atoms with Gasteiger partial charge in [-0.05, 0) is 35.9 Å². The van der Waals surface area contributed by atoms with E-state index in [1.807, 2.05) is 0 Å². The van der Waals surface area contributed by atoms with Crippen LogP contribution in [-0.4, -0.2) is 26.2 Å². The highest BCUT2D eigenvalue weighted by molar-refractivity contribution is 5.94. The Bertz CT molecular complexity index is 748. The molecular formula is C18H18FNO4. The highest BCUT2D eigenvalue weighted by Crippen LogP contribution is 2.30. The van der Waals surface area contributed by atoms with E-state index in [1.165, 1.54) is 13.2 Å². The number of methoxy groups -OCH3 is 1. The number of benzene rings is 2. The zero-order valence-electron chi connectivity index (χ0n) is 13.3. The molecule has 3 rings (SSSR count). The SMILES string of the molecule is COCc1cc(CNC(=O)c2ccc3c(c2)OCCO3)ccc1F. The zero-order valence-corrected chi connectivity index (χ0v) is 13.3. The zero-order chi connectivity index (χ0) is 16.9. The second kappa shape index (κ2) is 7.31. The first-order valence-corrected chi connectivity index (χ1v) is 7.61.